The number of benzene rings is 1. The van der Waals surface area contributed by atoms with Gasteiger partial charge in [-0.15, -0.1) is 0 Å². The highest BCUT2D eigenvalue weighted by molar-refractivity contribution is 6.51. The van der Waals surface area contributed by atoms with Crippen LogP contribution in [0.1, 0.15) is 47.1 Å². The molecule has 2 nitrogen and oxygen atoms in total. The fourth-order valence-electron chi connectivity index (χ4n) is 1.77. The molecular weight excluding hydrogens is 211 g/mol. The van der Waals surface area contributed by atoms with Gasteiger partial charge in [0.15, 0.2) is 0 Å². The molecule has 17 heavy (non-hydrogen) atoms. The molecule has 1 aliphatic rings. The van der Waals surface area contributed by atoms with E-state index >= 15 is 0 Å². The van der Waals surface area contributed by atoms with E-state index in [9.17, 15) is 0 Å². The normalized spacial score (nSPS) is 15.3. The molecule has 92 valence electrons. The monoisotopic (exact) mass is 232 g/mol. The lowest BCUT2D eigenvalue weighted by Gasteiger charge is -2.19. The smallest absolute Gasteiger partial charge is 0.523 e. The Hall–Kier alpha value is -1.12. The molecule has 2 rings (SSSR count). The molecule has 1 aliphatic heterocycles. The molecular formula is C14H21BO2. The van der Waals surface area contributed by atoms with E-state index in [2.05, 4.69) is 53.7 Å². The summed E-state index contributed by atoms with van der Waals surface area (Å²) in [6, 6.07) is 6.23. The lowest BCUT2D eigenvalue weighted by atomic mass is 9.61. The maximum Gasteiger partial charge on any atom is 0.600 e. The summed E-state index contributed by atoms with van der Waals surface area (Å²) in [5.74, 6) is 1.73. The third-order valence-electron chi connectivity index (χ3n) is 2.98. The van der Waals surface area contributed by atoms with Crippen molar-refractivity contribution in [3.63, 3.8) is 0 Å². The first kappa shape index (κ1) is 12.3. The summed E-state index contributed by atoms with van der Waals surface area (Å²) < 4.78 is 11.7. The van der Waals surface area contributed by atoms with Crippen LogP contribution >= 0.6 is 0 Å². The molecule has 0 fully saturated rings. The van der Waals surface area contributed by atoms with Crippen molar-refractivity contribution in [2.24, 2.45) is 0 Å². The Morgan fingerprint density at radius 2 is 1.47 bits per heavy atom. The van der Waals surface area contributed by atoms with E-state index in [0.717, 1.165) is 11.5 Å². The molecule has 0 aliphatic carbocycles. The van der Waals surface area contributed by atoms with Gasteiger partial charge in [0.05, 0.1) is 0 Å². The third kappa shape index (κ3) is 2.43. The van der Waals surface area contributed by atoms with Gasteiger partial charge in [-0.2, -0.15) is 0 Å². The molecule has 0 spiro atoms. The Morgan fingerprint density at radius 3 is 2.00 bits per heavy atom. The van der Waals surface area contributed by atoms with Crippen molar-refractivity contribution < 1.29 is 9.31 Å². The topological polar surface area (TPSA) is 18.5 Å². The molecule has 0 amide bonds. The van der Waals surface area contributed by atoms with E-state index in [1.54, 1.807) is 0 Å². The van der Waals surface area contributed by atoms with Crippen LogP contribution in [0.2, 0.25) is 5.31 Å². The number of hydrogen-bond donors (Lipinski definition) is 0. The summed E-state index contributed by atoms with van der Waals surface area (Å²) in [4.78, 5) is 0. The van der Waals surface area contributed by atoms with Crippen LogP contribution in [0.25, 0.3) is 0 Å². The highest BCUT2D eigenvalue weighted by Gasteiger charge is 2.43. The molecule has 1 aromatic carbocycles. The SMILES string of the molecule is CC(C)(C)B1Oc2ccc(C(C)(C)C)cc2O1. The van der Waals surface area contributed by atoms with Gasteiger partial charge in [0, 0.05) is 5.31 Å². The molecule has 0 unspecified atom stereocenters. The quantitative estimate of drug-likeness (QED) is 0.628. The van der Waals surface area contributed by atoms with Crippen LogP contribution in [0.3, 0.4) is 0 Å². The van der Waals surface area contributed by atoms with Crippen LogP contribution in [-0.2, 0) is 5.41 Å². The van der Waals surface area contributed by atoms with E-state index in [4.69, 9.17) is 9.31 Å². The molecule has 1 aromatic rings. The maximum absolute atomic E-state index is 5.88. The summed E-state index contributed by atoms with van der Waals surface area (Å²) in [5, 5.41) is -0.0130. The van der Waals surface area contributed by atoms with Crippen molar-refractivity contribution in [1.82, 2.24) is 0 Å². The highest BCUT2D eigenvalue weighted by Crippen LogP contribution is 2.42. The minimum absolute atomic E-state index is 0.0130. The van der Waals surface area contributed by atoms with E-state index < -0.39 is 0 Å². The number of fused-ring (bicyclic) bond motifs is 1. The van der Waals surface area contributed by atoms with Gasteiger partial charge in [0.1, 0.15) is 11.5 Å². The Bertz CT molecular complexity index is 427. The van der Waals surface area contributed by atoms with Crippen molar-refractivity contribution in [1.29, 1.82) is 0 Å². The Kier molecular flexibility index (Phi) is 2.68. The van der Waals surface area contributed by atoms with E-state index in [-0.39, 0.29) is 17.8 Å². The van der Waals surface area contributed by atoms with E-state index in [1.165, 1.54) is 5.56 Å². The van der Waals surface area contributed by atoms with E-state index in [0.29, 0.717) is 0 Å². The maximum atomic E-state index is 5.88. The van der Waals surface area contributed by atoms with Gasteiger partial charge in [-0.1, -0.05) is 47.6 Å². The average molecular weight is 232 g/mol. The van der Waals surface area contributed by atoms with Crippen LogP contribution in [0.4, 0.5) is 0 Å². The van der Waals surface area contributed by atoms with Crippen LogP contribution < -0.4 is 9.31 Å². The zero-order valence-corrected chi connectivity index (χ0v) is 11.6. The van der Waals surface area contributed by atoms with Crippen LogP contribution in [0, 0.1) is 0 Å². The lowest BCUT2D eigenvalue weighted by Crippen LogP contribution is -2.34. The zero-order valence-electron chi connectivity index (χ0n) is 11.6. The Balaban J connectivity index is 2.29. The fourth-order valence-corrected chi connectivity index (χ4v) is 1.77. The molecule has 1 heterocycles. The Labute approximate surface area is 104 Å². The van der Waals surface area contributed by atoms with Crippen LogP contribution in [-0.4, -0.2) is 7.12 Å². The first-order valence-electron chi connectivity index (χ1n) is 6.16. The second-order valence-electron chi connectivity index (χ2n) is 6.85. The molecule has 0 radical (unpaired) electrons. The van der Waals surface area contributed by atoms with E-state index in [1.807, 2.05) is 6.07 Å². The summed E-state index contributed by atoms with van der Waals surface area (Å²) in [6.07, 6.45) is 0. The van der Waals surface area contributed by atoms with Gasteiger partial charge in [-0.05, 0) is 23.1 Å². The van der Waals surface area contributed by atoms with Gasteiger partial charge >= 0.3 is 7.12 Å². The molecule has 0 saturated carbocycles. The second kappa shape index (κ2) is 3.69. The summed E-state index contributed by atoms with van der Waals surface area (Å²) in [7, 11) is -0.187. The number of hydrogen-bond acceptors (Lipinski definition) is 2. The van der Waals surface area contributed by atoms with Crippen molar-refractivity contribution in [3.8, 4) is 11.5 Å². The fraction of sp³-hybridized carbons (Fsp3) is 0.571. The minimum Gasteiger partial charge on any atom is -0.523 e. The van der Waals surface area contributed by atoms with Crippen molar-refractivity contribution in [2.75, 3.05) is 0 Å². The molecule has 0 saturated heterocycles. The van der Waals surface area contributed by atoms with Gasteiger partial charge in [-0.25, -0.2) is 0 Å². The predicted molar refractivity (Wildman–Crippen MR) is 71.9 cm³/mol. The van der Waals surface area contributed by atoms with Crippen molar-refractivity contribution in [2.45, 2.75) is 52.3 Å². The Morgan fingerprint density at radius 1 is 0.882 bits per heavy atom. The minimum atomic E-state index is -0.187. The summed E-state index contributed by atoms with van der Waals surface area (Å²) in [5.41, 5.74) is 1.41. The first-order valence-corrected chi connectivity index (χ1v) is 6.16. The number of rotatable bonds is 0. The molecule has 0 atom stereocenters. The van der Waals surface area contributed by atoms with Gasteiger partial charge in [0.2, 0.25) is 0 Å². The standard InChI is InChI=1S/C14H21BO2/c1-13(2,3)10-7-8-11-12(9-10)17-15(16-11)14(4,5)6/h7-9H,1-6H3. The summed E-state index contributed by atoms with van der Waals surface area (Å²) >= 11 is 0. The zero-order chi connectivity index (χ0) is 12.8. The van der Waals surface area contributed by atoms with Gasteiger partial charge < -0.3 is 9.31 Å². The largest absolute Gasteiger partial charge is 0.600 e. The third-order valence-corrected chi connectivity index (χ3v) is 2.98. The second-order valence-corrected chi connectivity index (χ2v) is 6.85. The van der Waals surface area contributed by atoms with Gasteiger partial charge in [0.25, 0.3) is 0 Å². The lowest BCUT2D eigenvalue weighted by molar-refractivity contribution is 0.440. The van der Waals surface area contributed by atoms with Crippen LogP contribution in [0.5, 0.6) is 11.5 Å². The van der Waals surface area contributed by atoms with Crippen molar-refractivity contribution >= 4 is 7.12 Å². The van der Waals surface area contributed by atoms with Crippen LogP contribution in [0.15, 0.2) is 18.2 Å². The molecule has 0 aromatic heterocycles. The molecule has 0 bridgehead atoms. The van der Waals surface area contributed by atoms with Crippen molar-refractivity contribution in [3.05, 3.63) is 23.8 Å². The molecule has 0 N–H and O–H groups in total. The summed E-state index contributed by atoms with van der Waals surface area (Å²) in [6.45, 7) is 13.0. The first-order chi connectivity index (χ1) is 7.68. The average Bonchev–Trinajstić information content (AvgIpc) is 2.57. The highest BCUT2D eigenvalue weighted by atomic mass is 16.6. The predicted octanol–water partition coefficient (Wildman–Crippen LogP) is 4.04. The molecule has 3 heteroatoms. The van der Waals surface area contributed by atoms with Gasteiger partial charge in [-0.3, -0.25) is 0 Å².